The number of hydrogen-bond donors (Lipinski definition) is 0. The first-order chi connectivity index (χ1) is 13.8. The minimum atomic E-state index is -0.619. The first-order valence-corrected chi connectivity index (χ1v) is 9.65. The first kappa shape index (κ1) is 20.5. The largest absolute Gasteiger partial charge is 0.339 e. The Morgan fingerprint density at radius 3 is 2.03 bits per heavy atom. The standard InChI is InChI=1S/C22H25N3O4/c1-22(2,18-6-4-3-5-7-18)21(27)24-14-12-23(13-15-24)20(26)16-17-8-10-19(11-9-17)25(28)29/h3-11H,12-16H2,1-2H3. The lowest BCUT2D eigenvalue weighted by molar-refractivity contribution is -0.384. The summed E-state index contributed by atoms with van der Waals surface area (Å²) >= 11 is 0. The molecule has 2 aromatic rings. The topological polar surface area (TPSA) is 83.8 Å². The average Bonchev–Trinajstić information content (AvgIpc) is 2.74. The van der Waals surface area contributed by atoms with Crippen molar-refractivity contribution in [1.82, 2.24) is 9.80 Å². The highest BCUT2D eigenvalue weighted by Gasteiger charge is 2.35. The smallest absolute Gasteiger partial charge is 0.269 e. The van der Waals surface area contributed by atoms with Crippen molar-refractivity contribution in [3.8, 4) is 0 Å². The molecule has 0 saturated carbocycles. The van der Waals surface area contributed by atoms with Crippen LogP contribution in [0.2, 0.25) is 0 Å². The van der Waals surface area contributed by atoms with Crippen molar-refractivity contribution in [2.45, 2.75) is 25.7 Å². The van der Waals surface area contributed by atoms with Gasteiger partial charge in [-0.25, -0.2) is 0 Å². The Balaban J connectivity index is 1.56. The predicted octanol–water partition coefficient (Wildman–Crippen LogP) is 2.79. The number of nitro benzene ring substituents is 1. The van der Waals surface area contributed by atoms with Crippen molar-refractivity contribution in [3.05, 3.63) is 75.8 Å². The second kappa shape index (κ2) is 8.43. The molecule has 2 amide bonds. The molecule has 0 spiro atoms. The molecule has 29 heavy (non-hydrogen) atoms. The van der Waals surface area contributed by atoms with Crippen LogP contribution in [0, 0.1) is 10.1 Å². The second-order valence-corrected chi connectivity index (χ2v) is 7.76. The van der Waals surface area contributed by atoms with E-state index in [2.05, 4.69) is 0 Å². The molecular weight excluding hydrogens is 370 g/mol. The number of amides is 2. The third kappa shape index (κ3) is 4.62. The summed E-state index contributed by atoms with van der Waals surface area (Å²) in [6, 6.07) is 15.7. The lowest BCUT2D eigenvalue weighted by Crippen LogP contribution is -2.54. The van der Waals surface area contributed by atoms with Crippen LogP contribution in [0.4, 0.5) is 5.69 Å². The summed E-state index contributed by atoms with van der Waals surface area (Å²) in [6.07, 6.45) is 0.196. The van der Waals surface area contributed by atoms with Gasteiger partial charge in [0.1, 0.15) is 0 Å². The Morgan fingerprint density at radius 1 is 0.931 bits per heavy atom. The summed E-state index contributed by atoms with van der Waals surface area (Å²) in [6.45, 7) is 5.83. The van der Waals surface area contributed by atoms with Gasteiger partial charge in [-0.05, 0) is 25.0 Å². The summed E-state index contributed by atoms with van der Waals surface area (Å²) in [4.78, 5) is 39.5. The number of rotatable bonds is 5. The third-order valence-electron chi connectivity index (χ3n) is 5.45. The second-order valence-electron chi connectivity index (χ2n) is 7.76. The van der Waals surface area contributed by atoms with Gasteiger partial charge in [0.25, 0.3) is 5.69 Å². The van der Waals surface area contributed by atoms with Gasteiger partial charge in [-0.1, -0.05) is 42.5 Å². The van der Waals surface area contributed by atoms with Crippen molar-refractivity contribution in [2.75, 3.05) is 26.2 Å². The average molecular weight is 395 g/mol. The monoisotopic (exact) mass is 395 g/mol. The molecule has 7 nitrogen and oxygen atoms in total. The molecule has 0 atom stereocenters. The molecule has 0 aliphatic carbocycles. The highest BCUT2D eigenvalue weighted by Crippen LogP contribution is 2.26. The molecule has 1 fully saturated rings. The van der Waals surface area contributed by atoms with Crippen LogP contribution in [0.5, 0.6) is 0 Å². The quantitative estimate of drug-likeness (QED) is 0.576. The number of nitrogens with zero attached hydrogens (tertiary/aromatic N) is 3. The van der Waals surface area contributed by atoms with Crippen LogP contribution in [0.15, 0.2) is 54.6 Å². The minimum Gasteiger partial charge on any atom is -0.339 e. The van der Waals surface area contributed by atoms with Crippen molar-refractivity contribution >= 4 is 17.5 Å². The summed E-state index contributed by atoms with van der Waals surface area (Å²) < 4.78 is 0. The molecular formula is C22H25N3O4. The van der Waals surface area contributed by atoms with Crippen LogP contribution in [-0.4, -0.2) is 52.7 Å². The molecule has 0 aromatic heterocycles. The first-order valence-electron chi connectivity index (χ1n) is 9.65. The van der Waals surface area contributed by atoms with Crippen molar-refractivity contribution in [1.29, 1.82) is 0 Å². The van der Waals surface area contributed by atoms with E-state index in [1.807, 2.05) is 49.1 Å². The maximum Gasteiger partial charge on any atom is 0.269 e. The van der Waals surface area contributed by atoms with Crippen molar-refractivity contribution in [2.24, 2.45) is 0 Å². The molecule has 0 N–H and O–H groups in total. The van der Waals surface area contributed by atoms with Gasteiger partial charge in [-0.2, -0.15) is 0 Å². The number of non-ortho nitro benzene ring substituents is 1. The zero-order valence-electron chi connectivity index (χ0n) is 16.7. The van der Waals surface area contributed by atoms with E-state index in [9.17, 15) is 19.7 Å². The minimum absolute atomic E-state index is 0.00866. The van der Waals surface area contributed by atoms with E-state index in [-0.39, 0.29) is 23.9 Å². The number of carbonyl (C=O) groups excluding carboxylic acids is 2. The molecule has 1 aliphatic rings. The van der Waals surface area contributed by atoms with Crippen molar-refractivity contribution < 1.29 is 14.5 Å². The van der Waals surface area contributed by atoms with E-state index >= 15 is 0 Å². The molecule has 3 rings (SSSR count). The van der Waals surface area contributed by atoms with E-state index in [4.69, 9.17) is 0 Å². The Kier molecular flexibility index (Phi) is 5.96. The fraction of sp³-hybridized carbons (Fsp3) is 0.364. The van der Waals surface area contributed by atoms with Gasteiger partial charge < -0.3 is 9.80 Å². The van der Waals surface area contributed by atoms with E-state index in [0.717, 1.165) is 11.1 Å². The van der Waals surface area contributed by atoms with E-state index in [0.29, 0.717) is 26.2 Å². The predicted molar refractivity (Wildman–Crippen MR) is 109 cm³/mol. The normalized spacial score (nSPS) is 14.6. The van der Waals surface area contributed by atoms with Gasteiger partial charge in [0.2, 0.25) is 11.8 Å². The third-order valence-corrected chi connectivity index (χ3v) is 5.45. The molecule has 1 aliphatic heterocycles. The van der Waals surface area contributed by atoms with Gasteiger partial charge in [0, 0.05) is 38.3 Å². The molecule has 0 radical (unpaired) electrons. The fourth-order valence-corrected chi connectivity index (χ4v) is 3.55. The molecule has 0 bridgehead atoms. The molecule has 2 aromatic carbocycles. The zero-order chi connectivity index (χ0) is 21.0. The summed E-state index contributed by atoms with van der Waals surface area (Å²) in [5, 5.41) is 10.7. The molecule has 1 saturated heterocycles. The highest BCUT2D eigenvalue weighted by molar-refractivity contribution is 5.87. The SMILES string of the molecule is CC(C)(C(=O)N1CCN(C(=O)Cc2ccc([N+](=O)[O-])cc2)CC1)c1ccccc1. The van der Waals surface area contributed by atoms with Crippen LogP contribution >= 0.6 is 0 Å². The molecule has 152 valence electrons. The van der Waals surface area contributed by atoms with Gasteiger partial charge in [-0.3, -0.25) is 19.7 Å². The van der Waals surface area contributed by atoms with Crippen molar-refractivity contribution in [3.63, 3.8) is 0 Å². The Labute approximate surface area is 170 Å². The Bertz CT molecular complexity index is 886. The number of piperazine rings is 1. The van der Waals surface area contributed by atoms with Crippen LogP contribution in [0.25, 0.3) is 0 Å². The Morgan fingerprint density at radius 2 is 1.48 bits per heavy atom. The van der Waals surface area contributed by atoms with Gasteiger partial charge >= 0.3 is 0 Å². The van der Waals surface area contributed by atoms with Gasteiger partial charge in [0.05, 0.1) is 16.8 Å². The fourth-order valence-electron chi connectivity index (χ4n) is 3.55. The van der Waals surface area contributed by atoms with E-state index in [1.165, 1.54) is 12.1 Å². The van der Waals surface area contributed by atoms with Crippen LogP contribution in [-0.2, 0) is 21.4 Å². The van der Waals surface area contributed by atoms with E-state index in [1.54, 1.807) is 17.0 Å². The maximum atomic E-state index is 13.0. The van der Waals surface area contributed by atoms with Gasteiger partial charge in [0.15, 0.2) is 0 Å². The molecule has 0 unspecified atom stereocenters. The number of benzene rings is 2. The highest BCUT2D eigenvalue weighted by atomic mass is 16.6. The molecule has 1 heterocycles. The number of hydrogen-bond acceptors (Lipinski definition) is 4. The number of nitro groups is 1. The summed E-state index contributed by atoms with van der Waals surface area (Å²) in [5.74, 6) is 0.0273. The number of carbonyl (C=O) groups is 2. The van der Waals surface area contributed by atoms with E-state index < -0.39 is 10.3 Å². The summed E-state index contributed by atoms with van der Waals surface area (Å²) in [5.41, 5.74) is 1.10. The van der Waals surface area contributed by atoms with Crippen LogP contribution in [0.3, 0.4) is 0 Å². The zero-order valence-corrected chi connectivity index (χ0v) is 16.7. The molecule has 7 heteroatoms. The summed E-state index contributed by atoms with van der Waals surface area (Å²) in [7, 11) is 0. The maximum absolute atomic E-state index is 13.0. The van der Waals surface area contributed by atoms with Gasteiger partial charge in [-0.15, -0.1) is 0 Å². The Hall–Kier alpha value is -3.22. The lowest BCUT2D eigenvalue weighted by Gasteiger charge is -2.38. The van der Waals surface area contributed by atoms with Crippen LogP contribution < -0.4 is 0 Å². The lowest BCUT2D eigenvalue weighted by atomic mass is 9.83. The van der Waals surface area contributed by atoms with Crippen LogP contribution in [0.1, 0.15) is 25.0 Å².